The van der Waals surface area contributed by atoms with Gasteiger partial charge in [0.15, 0.2) is 11.5 Å². The molecule has 0 fully saturated rings. The normalized spacial score (nSPS) is 10.4. The van der Waals surface area contributed by atoms with Gasteiger partial charge >= 0.3 is 12.0 Å². The second kappa shape index (κ2) is 8.86. The van der Waals surface area contributed by atoms with Crippen molar-refractivity contribution in [2.24, 2.45) is 10.8 Å². The van der Waals surface area contributed by atoms with Crippen molar-refractivity contribution in [2.45, 2.75) is 0 Å². The van der Waals surface area contributed by atoms with Gasteiger partial charge in [-0.25, -0.2) is 15.0 Å². The molecule has 0 spiro atoms. The summed E-state index contributed by atoms with van der Waals surface area (Å²) in [6.07, 6.45) is 1.31. The standard InChI is InChI=1S/C17H16BrN3O5/c1-24-14-5-3-10(8-15(14)25-2)16(22)26-13-6-4-12(18)7-11(13)9-20-21-17(19)23/h3-9H,1-2H3,(H3,19,21,23). The second-order valence-corrected chi connectivity index (χ2v) is 5.79. The summed E-state index contributed by atoms with van der Waals surface area (Å²) in [5, 5.41) is 3.67. The van der Waals surface area contributed by atoms with Crippen molar-refractivity contribution >= 4 is 34.1 Å². The van der Waals surface area contributed by atoms with Crippen LogP contribution in [0.3, 0.4) is 0 Å². The summed E-state index contributed by atoms with van der Waals surface area (Å²) in [5.74, 6) is 0.567. The van der Waals surface area contributed by atoms with Gasteiger partial charge in [0, 0.05) is 10.0 Å². The predicted octanol–water partition coefficient (Wildman–Crippen LogP) is 2.69. The molecule has 2 aromatic rings. The van der Waals surface area contributed by atoms with Crippen LogP contribution in [0.5, 0.6) is 17.2 Å². The highest BCUT2D eigenvalue weighted by Crippen LogP contribution is 2.29. The van der Waals surface area contributed by atoms with E-state index in [2.05, 4.69) is 26.5 Å². The average Bonchev–Trinajstić information content (AvgIpc) is 2.62. The van der Waals surface area contributed by atoms with Crippen LogP contribution < -0.4 is 25.4 Å². The number of nitrogens with two attached hydrogens (primary N) is 1. The monoisotopic (exact) mass is 421 g/mol. The molecule has 2 rings (SSSR count). The van der Waals surface area contributed by atoms with Gasteiger partial charge in [-0.2, -0.15) is 5.10 Å². The Balaban J connectivity index is 2.26. The lowest BCUT2D eigenvalue weighted by Crippen LogP contribution is -2.24. The van der Waals surface area contributed by atoms with E-state index >= 15 is 0 Å². The molecule has 0 aliphatic carbocycles. The Hall–Kier alpha value is -3.07. The molecule has 2 amide bonds. The molecule has 0 saturated carbocycles. The maximum Gasteiger partial charge on any atom is 0.343 e. The highest BCUT2D eigenvalue weighted by Gasteiger charge is 2.14. The highest BCUT2D eigenvalue weighted by atomic mass is 79.9. The van der Waals surface area contributed by atoms with Crippen molar-refractivity contribution in [1.29, 1.82) is 0 Å². The first-order valence-electron chi connectivity index (χ1n) is 7.27. The number of hydrazone groups is 1. The Kier molecular flexibility index (Phi) is 6.56. The van der Waals surface area contributed by atoms with E-state index in [0.717, 1.165) is 4.47 Å². The van der Waals surface area contributed by atoms with Gasteiger partial charge in [0.1, 0.15) is 5.75 Å². The van der Waals surface area contributed by atoms with E-state index in [0.29, 0.717) is 17.1 Å². The molecule has 0 aliphatic heterocycles. The summed E-state index contributed by atoms with van der Waals surface area (Å²) in [4.78, 5) is 23.1. The molecule has 8 nitrogen and oxygen atoms in total. The molecule has 26 heavy (non-hydrogen) atoms. The Bertz CT molecular complexity index is 854. The molecule has 0 atom stereocenters. The van der Waals surface area contributed by atoms with Crippen LogP contribution in [0.25, 0.3) is 0 Å². The molecule has 0 saturated heterocycles. The maximum atomic E-state index is 12.4. The van der Waals surface area contributed by atoms with Crippen LogP contribution in [-0.4, -0.2) is 32.4 Å². The van der Waals surface area contributed by atoms with Crippen LogP contribution in [-0.2, 0) is 0 Å². The van der Waals surface area contributed by atoms with E-state index < -0.39 is 12.0 Å². The van der Waals surface area contributed by atoms with Crippen LogP contribution >= 0.6 is 15.9 Å². The third kappa shape index (κ3) is 4.96. The Labute approximate surface area is 158 Å². The first-order valence-corrected chi connectivity index (χ1v) is 8.06. The fourth-order valence-electron chi connectivity index (χ4n) is 2.00. The van der Waals surface area contributed by atoms with Crippen molar-refractivity contribution < 1.29 is 23.8 Å². The number of benzene rings is 2. The number of nitrogens with one attached hydrogen (secondary N) is 1. The minimum absolute atomic E-state index is 0.253. The third-order valence-corrected chi connectivity index (χ3v) is 3.67. The first-order chi connectivity index (χ1) is 12.4. The van der Waals surface area contributed by atoms with Crippen molar-refractivity contribution in [1.82, 2.24) is 5.43 Å². The molecule has 0 unspecified atom stereocenters. The van der Waals surface area contributed by atoms with Gasteiger partial charge in [-0.05, 0) is 36.4 Å². The van der Waals surface area contributed by atoms with Crippen molar-refractivity contribution in [3.63, 3.8) is 0 Å². The molecule has 0 aromatic heterocycles. The van der Waals surface area contributed by atoms with E-state index in [1.807, 2.05) is 0 Å². The van der Waals surface area contributed by atoms with Crippen LogP contribution in [0, 0.1) is 0 Å². The third-order valence-electron chi connectivity index (χ3n) is 3.17. The number of esters is 1. The van der Waals surface area contributed by atoms with Gasteiger partial charge in [0.2, 0.25) is 0 Å². The molecule has 0 aliphatic rings. The van der Waals surface area contributed by atoms with Crippen molar-refractivity contribution in [3.8, 4) is 17.2 Å². The molecular formula is C17H16BrN3O5. The lowest BCUT2D eigenvalue weighted by atomic mass is 10.2. The summed E-state index contributed by atoms with van der Waals surface area (Å²) in [7, 11) is 2.98. The molecule has 0 heterocycles. The number of amides is 2. The zero-order valence-electron chi connectivity index (χ0n) is 14.0. The van der Waals surface area contributed by atoms with Gasteiger partial charge in [-0.15, -0.1) is 0 Å². The summed E-state index contributed by atoms with van der Waals surface area (Å²) in [5.41, 5.74) is 7.77. The second-order valence-electron chi connectivity index (χ2n) is 4.88. The predicted molar refractivity (Wildman–Crippen MR) is 99.0 cm³/mol. The Morgan fingerprint density at radius 1 is 1.08 bits per heavy atom. The highest BCUT2D eigenvalue weighted by molar-refractivity contribution is 9.10. The summed E-state index contributed by atoms with van der Waals surface area (Å²) < 4.78 is 16.5. The van der Waals surface area contributed by atoms with Gasteiger partial charge in [0.05, 0.1) is 26.0 Å². The zero-order valence-corrected chi connectivity index (χ0v) is 15.6. The minimum Gasteiger partial charge on any atom is -0.493 e. The number of carbonyl (C=O) groups excluding carboxylic acids is 2. The largest absolute Gasteiger partial charge is 0.493 e. The number of carbonyl (C=O) groups is 2. The number of rotatable bonds is 6. The quantitative estimate of drug-likeness (QED) is 0.322. The van der Waals surface area contributed by atoms with Gasteiger partial charge < -0.3 is 19.9 Å². The fourth-order valence-corrected chi connectivity index (χ4v) is 2.38. The lowest BCUT2D eigenvalue weighted by molar-refractivity contribution is 0.0734. The van der Waals surface area contributed by atoms with Gasteiger partial charge in [0.25, 0.3) is 0 Å². The summed E-state index contributed by atoms with van der Waals surface area (Å²) in [6.45, 7) is 0. The van der Waals surface area contributed by atoms with Crippen molar-refractivity contribution in [2.75, 3.05) is 14.2 Å². The smallest absolute Gasteiger partial charge is 0.343 e. The first kappa shape index (κ1) is 19.3. The van der Waals surface area contributed by atoms with Crippen molar-refractivity contribution in [3.05, 3.63) is 52.0 Å². The molecule has 9 heteroatoms. The van der Waals surface area contributed by atoms with E-state index in [4.69, 9.17) is 19.9 Å². The topological polar surface area (TPSA) is 112 Å². The van der Waals surface area contributed by atoms with E-state index in [-0.39, 0.29) is 11.3 Å². The zero-order chi connectivity index (χ0) is 19.1. The fraction of sp³-hybridized carbons (Fsp3) is 0.118. The number of urea groups is 1. The van der Waals surface area contributed by atoms with Crippen LogP contribution in [0.2, 0.25) is 0 Å². The number of hydrogen-bond donors (Lipinski definition) is 2. The van der Waals surface area contributed by atoms with Gasteiger partial charge in [-0.1, -0.05) is 15.9 Å². The van der Waals surface area contributed by atoms with Gasteiger partial charge in [-0.3, -0.25) is 0 Å². The number of methoxy groups -OCH3 is 2. The summed E-state index contributed by atoms with van der Waals surface area (Å²) in [6, 6.07) is 8.84. The minimum atomic E-state index is -0.805. The van der Waals surface area contributed by atoms with E-state index in [1.54, 1.807) is 30.3 Å². The van der Waals surface area contributed by atoms with Crippen LogP contribution in [0.4, 0.5) is 4.79 Å². The van der Waals surface area contributed by atoms with Crippen LogP contribution in [0.1, 0.15) is 15.9 Å². The molecular weight excluding hydrogens is 406 g/mol. The number of primary amides is 1. The number of halogens is 1. The van der Waals surface area contributed by atoms with E-state index in [9.17, 15) is 9.59 Å². The molecule has 0 bridgehead atoms. The molecule has 0 radical (unpaired) electrons. The average molecular weight is 422 g/mol. The Morgan fingerprint density at radius 3 is 2.42 bits per heavy atom. The number of hydrogen-bond acceptors (Lipinski definition) is 6. The summed E-state index contributed by atoms with van der Waals surface area (Å²) >= 11 is 3.32. The van der Waals surface area contributed by atoms with Crippen LogP contribution in [0.15, 0.2) is 46.0 Å². The molecule has 136 valence electrons. The number of ether oxygens (including phenoxy) is 3. The molecule has 3 N–H and O–H groups in total. The lowest BCUT2D eigenvalue weighted by Gasteiger charge is -2.11. The maximum absolute atomic E-state index is 12.4. The molecule has 2 aromatic carbocycles. The number of nitrogens with zero attached hydrogens (tertiary/aromatic N) is 1. The van der Waals surface area contributed by atoms with E-state index in [1.165, 1.54) is 26.5 Å². The SMILES string of the molecule is COc1ccc(C(=O)Oc2ccc(Br)cc2C=NNC(N)=O)cc1OC. The Morgan fingerprint density at radius 2 is 1.77 bits per heavy atom.